The molecule has 4 nitrogen and oxygen atoms in total. The lowest BCUT2D eigenvalue weighted by atomic mass is 10.2. The van der Waals surface area contributed by atoms with Crippen LogP contribution in [0.4, 0.5) is 4.39 Å². The standard InChI is InChI=1S/C14H7BrFNO3/c15-10-6-8(16)2-3-9(10)13-17-11-5-7(14(18)19)1-4-12(11)20-13/h1-6H,(H,18,19). The minimum atomic E-state index is -1.03. The van der Waals surface area contributed by atoms with Gasteiger partial charge in [-0.15, -0.1) is 0 Å². The number of hydrogen-bond donors (Lipinski definition) is 1. The zero-order valence-corrected chi connectivity index (χ0v) is 11.5. The van der Waals surface area contributed by atoms with Gasteiger partial charge in [0.05, 0.1) is 11.1 Å². The second-order valence-corrected chi connectivity index (χ2v) is 4.99. The van der Waals surface area contributed by atoms with E-state index < -0.39 is 5.97 Å². The first-order valence-corrected chi connectivity index (χ1v) is 6.43. The molecule has 0 spiro atoms. The van der Waals surface area contributed by atoms with Gasteiger partial charge < -0.3 is 9.52 Å². The molecule has 0 fully saturated rings. The Morgan fingerprint density at radius 1 is 1.25 bits per heavy atom. The monoisotopic (exact) mass is 335 g/mol. The Hall–Kier alpha value is -2.21. The number of carboxylic acid groups (broad SMARTS) is 1. The van der Waals surface area contributed by atoms with Crippen molar-refractivity contribution in [1.82, 2.24) is 4.98 Å². The maximum absolute atomic E-state index is 13.1. The fourth-order valence-corrected chi connectivity index (χ4v) is 2.36. The quantitative estimate of drug-likeness (QED) is 0.765. The molecule has 3 rings (SSSR count). The number of hydrogen-bond acceptors (Lipinski definition) is 3. The summed E-state index contributed by atoms with van der Waals surface area (Å²) in [6, 6.07) is 8.58. The van der Waals surface area contributed by atoms with Crippen LogP contribution in [0, 0.1) is 5.82 Å². The van der Waals surface area contributed by atoms with Crippen molar-refractivity contribution in [2.75, 3.05) is 0 Å². The van der Waals surface area contributed by atoms with Gasteiger partial charge in [-0.2, -0.15) is 0 Å². The summed E-state index contributed by atoms with van der Waals surface area (Å²) in [4.78, 5) is 15.1. The molecule has 0 aliphatic carbocycles. The van der Waals surface area contributed by atoms with Gasteiger partial charge in [-0.1, -0.05) is 0 Å². The number of carbonyl (C=O) groups is 1. The average molecular weight is 336 g/mol. The van der Waals surface area contributed by atoms with E-state index >= 15 is 0 Å². The topological polar surface area (TPSA) is 63.3 Å². The maximum atomic E-state index is 13.1. The number of nitrogens with zero attached hydrogens (tertiary/aromatic N) is 1. The molecule has 20 heavy (non-hydrogen) atoms. The Morgan fingerprint density at radius 2 is 2.05 bits per heavy atom. The Kier molecular flexibility index (Phi) is 3.02. The Labute approximate surface area is 121 Å². The number of fused-ring (bicyclic) bond motifs is 1. The number of aromatic nitrogens is 1. The van der Waals surface area contributed by atoms with Crippen LogP contribution in [-0.2, 0) is 0 Å². The Morgan fingerprint density at radius 3 is 2.75 bits per heavy atom. The fraction of sp³-hybridized carbons (Fsp3) is 0. The highest BCUT2D eigenvalue weighted by Crippen LogP contribution is 2.31. The number of benzene rings is 2. The summed E-state index contributed by atoms with van der Waals surface area (Å²) in [5, 5.41) is 8.94. The van der Waals surface area contributed by atoms with E-state index in [4.69, 9.17) is 9.52 Å². The van der Waals surface area contributed by atoms with E-state index in [2.05, 4.69) is 20.9 Å². The molecule has 0 saturated heterocycles. The second kappa shape index (κ2) is 4.72. The highest BCUT2D eigenvalue weighted by atomic mass is 79.9. The molecule has 0 unspecified atom stereocenters. The second-order valence-electron chi connectivity index (χ2n) is 4.13. The van der Waals surface area contributed by atoms with Crippen LogP contribution >= 0.6 is 15.9 Å². The van der Waals surface area contributed by atoms with E-state index in [1.54, 1.807) is 12.1 Å². The van der Waals surface area contributed by atoms with Crippen LogP contribution in [0.25, 0.3) is 22.6 Å². The van der Waals surface area contributed by atoms with E-state index in [0.29, 0.717) is 27.0 Å². The maximum Gasteiger partial charge on any atom is 0.335 e. The van der Waals surface area contributed by atoms with Crippen LogP contribution in [0.2, 0.25) is 0 Å². The molecule has 1 heterocycles. The van der Waals surface area contributed by atoms with Crippen molar-refractivity contribution in [3.8, 4) is 11.5 Å². The smallest absolute Gasteiger partial charge is 0.335 e. The van der Waals surface area contributed by atoms with E-state index in [9.17, 15) is 9.18 Å². The lowest BCUT2D eigenvalue weighted by molar-refractivity contribution is 0.0697. The number of aromatic carboxylic acids is 1. The Balaban J connectivity index is 2.15. The van der Waals surface area contributed by atoms with Gasteiger partial charge in [0.15, 0.2) is 5.58 Å². The molecule has 0 aliphatic rings. The van der Waals surface area contributed by atoms with Crippen LogP contribution in [0.3, 0.4) is 0 Å². The van der Waals surface area contributed by atoms with Crippen molar-refractivity contribution >= 4 is 33.0 Å². The van der Waals surface area contributed by atoms with Crippen LogP contribution < -0.4 is 0 Å². The molecular weight excluding hydrogens is 329 g/mol. The largest absolute Gasteiger partial charge is 0.478 e. The molecule has 1 aromatic heterocycles. The van der Waals surface area contributed by atoms with Crippen molar-refractivity contribution in [2.45, 2.75) is 0 Å². The summed E-state index contributed by atoms with van der Waals surface area (Å²) in [5.41, 5.74) is 1.65. The van der Waals surface area contributed by atoms with Crippen molar-refractivity contribution in [1.29, 1.82) is 0 Å². The van der Waals surface area contributed by atoms with E-state index in [1.807, 2.05) is 0 Å². The molecule has 2 aromatic carbocycles. The van der Waals surface area contributed by atoms with Crippen LogP contribution in [0.15, 0.2) is 45.3 Å². The van der Waals surface area contributed by atoms with Gasteiger partial charge in [0, 0.05) is 4.47 Å². The first-order valence-electron chi connectivity index (χ1n) is 5.64. The molecule has 0 amide bonds. The predicted molar refractivity (Wildman–Crippen MR) is 74.1 cm³/mol. The molecule has 0 atom stereocenters. The summed E-state index contributed by atoms with van der Waals surface area (Å²) in [7, 11) is 0. The van der Waals surface area contributed by atoms with Gasteiger partial charge in [-0.25, -0.2) is 14.2 Å². The first-order chi connectivity index (χ1) is 9.54. The SMILES string of the molecule is O=C(O)c1ccc2oc(-c3ccc(F)cc3Br)nc2c1. The highest BCUT2D eigenvalue weighted by molar-refractivity contribution is 9.10. The predicted octanol–water partition coefficient (Wildman–Crippen LogP) is 4.09. The number of oxazole rings is 1. The summed E-state index contributed by atoms with van der Waals surface area (Å²) in [6.45, 7) is 0. The van der Waals surface area contributed by atoms with Gasteiger partial charge in [0.1, 0.15) is 11.3 Å². The fourth-order valence-electron chi connectivity index (χ4n) is 1.84. The van der Waals surface area contributed by atoms with Gasteiger partial charge in [-0.3, -0.25) is 0 Å². The zero-order chi connectivity index (χ0) is 14.3. The number of halogens is 2. The van der Waals surface area contributed by atoms with Crippen LogP contribution in [-0.4, -0.2) is 16.1 Å². The van der Waals surface area contributed by atoms with E-state index in [0.717, 1.165) is 0 Å². The van der Waals surface area contributed by atoms with Gasteiger partial charge in [0.2, 0.25) is 5.89 Å². The van der Waals surface area contributed by atoms with Crippen molar-refractivity contribution in [3.05, 3.63) is 52.3 Å². The minimum absolute atomic E-state index is 0.135. The van der Waals surface area contributed by atoms with E-state index in [1.165, 1.54) is 24.3 Å². The van der Waals surface area contributed by atoms with Crippen molar-refractivity contribution in [2.24, 2.45) is 0 Å². The molecule has 1 N–H and O–H groups in total. The molecule has 0 saturated carbocycles. The highest BCUT2D eigenvalue weighted by Gasteiger charge is 2.13. The third-order valence-corrected chi connectivity index (χ3v) is 3.45. The molecule has 3 aromatic rings. The molecule has 100 valence electrons. The summed E-state index contributed by atoms with van der Waals surface area (Å²) >= 11 is 3.24. The molecule has 0 radical (unpaired) electrons. The molecule has 0 aliphatic heterocycles. The van der Waals surface area contributed by atoms with E-state index in [-0.39, 0.29) is 11.4 Å². The van der Waals surface area contributed by atoms with Gasteiger partial charge in [-0.05, 0) is 52.3 Å². The van der Waals surface area contributed by atoms with Crippen molar-refractivity contribution in [3.63, 3.8) is 0 Å². The minimum Gasteiger partial charge on any atom is -0.478 e. The molecular formula is C14H7BrFNO3. The average Bonchev–Trinajstić information content (AvgIpc) is 2.80. The number of carboxylic acids is 1. The van der Waals surface area contributed by atoms with Crippen molar-refractivity contribution < 1.29 is 18.7 Å². The summed E-state index contributed by atoms with van der Waals surface area (Å²) < 4.78 is 19.1. The third kappa shape index (κ3) is 2.18. The summed E-state index contributed by atoms with van der Waals surface area (Å²) in [6.07, 6.45) is 0. The summed E-state index contributed by atoms with van der Waals surface area (Å²) in [5.74, 6) is -1.10. The lowest BCUT2D eigenvalue weighted by Gasteiger charge is -1.98. The lowest BCUT2D eigenvalue weighted by Crippen LogP contribution is -1.94. The van der Waals surface area contributed by atoms with Crippen LogP contribution in [0.5, 0.6) is 0 Å². The molecule has 0 bridgehead atoms. The van der Waals surface area contributed by atoms with Crippen LogP contribution in [0.1, 0.15) is 10.4 Å². The molecule has 6 heteroatoms. The number of rotatable bonds is 2. The normalized spacial score (nSPS) is 10.9. The first kappa shape index (κ1) is 12.8. The zero-order valence-electron chi connectivity index (χ0n) is 9.93. The van der Waals surface area contributed by atoms with Gasteiger partial charge in [0.25, 0.3) is 0 Å². The van der Waals surface area contributed by atoms with Gasteiger partial charge >= 0.3 is 5.97 Å². The Bertz CT molecular complexity index is 828. The third-order valence-electron chi connectivity index (χ3n) is 2.80.